The molecule has 3 heteroatoms. The summed E-state index contributed by atoms with van der Waals surface area (Å²) in [7, 11) is 0. The van der Waals surface area contributed by atoms with Crippen molar-refractivity contribution >= 4 is 11.6 Å². The van der Waals surface area contributed by atoms with Crippen LogP contribution in [-0.4, -0.2) is 24.3 Å². The summed E-state index contributed by atoms with van der Waals surface area (Å²) in [5.41, 5.74) is 1.46. The van der Waals surface area contributed by atoms with E-state index < -0.39 is 0 Å². The highest BCUT2D eigenvalue weighted by molar-refractivity contribution is 6.31. The smallest absolute Gasteiger partial charge is 0.0440 e. The van der Waals surface area contributed by atoms with E-state index in [9.17, 15) is 0 Å². The van der Waals surface area contributed by atoms with E-state index in [-0.39, 0.29) is 12.0 Å². The second kappa shape index (κ2) is 6.25. The molecule has 1 fully saturated rings. The number of aliphatic hydroxyl groups excluding tert-OH is 1. The van der Waals surface area contributed by atoms with Crippen molar-refractivity contribution in [3.05, 3.63) is 34.9 Å². The Morgan fingerprint density at radius 3 is 2.63 bits per heavy atom. The molecule has 0 bridgehead atoms. The molecule has 106 valence electrons. The zero-order valence-corrected chi connectivity index (χ0v) is 12.6. The molecule has 19 heavy (non-hydrogen) atoms. The average Bonchev–Trinajstić information content (AvgIpc) is 2.29. The highest BCUT2D eigenvalue weighted by Gasteiger charge is 2.32. The second-order valence-electron chi connectivity index (χ2n) is 6.41. The van der Waals surface area contributed by atoms with Gasteiger partial charge in [-0.05, 0) is 42.2 Å². The van der Waals surface area contributed by atoms with Gasteiger partial charge in [-0.1, -0.05) is 43.6 Å². The fourth-order valence-corrected chi connectivity index (χ4v) is 2.95. The van der Waals surface area contributed by atoms with Gasteiger partial charge in [0.2, 0.25) is 0 Å². The summed E-state index contributed by atoms with van der Waals surface area (Å²) in [5, 5.41) is 13.5. The van der Waals surface area contributed by atoms with E-state index in [0.717, 1.165) is 18.0 Å². The fourth-order valence-electron chi connectivity index (χ4n) is 2.66. The molecule has 1 aliphatic rings. The van der Waals surface area contributed by atoms with Crippen LogP contribution in [0.2, 0.25) is 5.02 Å². The molecule has 0 aliphatic heterocycles. The van der Waals surface area contributed by atoms with Crippen molar-refractivity contribution in [2.24, 2.45) is 5.41 Å². The molecule has 0 atom stereocenters. The number of halogens is 1. The molecule has 0 amide bonds. The zero-order valence-electron chi connectivity index (χ0n) is 11.8. The quantitative estimate of drug-likeness (QED) is 0.835. The number of hydrogen-bond donors (Lipinski definition) is 2. The molecule has 0 spiro atoms. The summed E-state index contributed by atoms with van der Waals surface area (Å²) in [4.78, 5) is 0. The SMILES string of the molecule is CC(C)(CCO)CNC1CC(c2ccccc2Cl)C1. The maximum atomic E-state index is 9.02. The summed E-state index contributed by atoms with van der Waals surface area (Å²) in [5.74, 6) is 0.604. The molecule has 0 unspecified atom stereocenters. The Kier molecular flexibility index (Phi) is 4.88. The Hall–Kier alpha value is -0.570. The van der Waals surface area contributed by atoms with Crippen molar-refractivity contribution < 1.29 is 5.11 Å². The van der Waals surface area contributed by atoms with E-state index in [0.29, 0.717) is 12.0 Å². The van der Waals surface area contributed by atoms with Crippen LogP contribution < -0.4 is 5.32 Å². The monoisotopic (exact) mass is 281 g/mol. The predicted molar refractivity (Wildman–Crippen MR) is 80.7 cm³/mol. The Balaban J connectivity index is 1.77. The van der Waals surface area contributed by atoms with Gasteiger partial charge in [-0.3, -0.25) is 0 Å². The zero-order chi connectivity index (χ0) is 13.9. The van der Waals surface area contributed by atoms with Gasteiger partial charge in [0, 0.05) is 24.2 Å². The Morgan fingerprint density at radius 1 is 1.32 bits per heavy atom. The van der Waals surface area contributed by atoms with Crippen LogP contribution in [0.5, 0.6) is 0 Å². The van der Waals surface area contributed by atoms with Crippen LogP contribution in [0, 0.1) is 5.41 Å². The Morgan fingerprint density at radius 2 is 2.00 bits per heavy atom. The van der Waals surface area contributed by atoms with E-state index in [1.165, 1.54) is 18.4 Å². The molecular formula is C16H24ClNO. The summed E-state index contributed by atoms with van der Waals surface area (Å²) >= 11 is 6.22. The van der Waals surface area contributed by atoms with E-state index in [1.807, 2.05) is 12.1 Å². The topological polar surface area (TPSA) is 32.3 Å². The molecule has 0 aromatic heterocycles. The van der Waals surface area contributed by atoms with Crippen molar-refractivity contribution in [1.29, 1.82) is 0 Å². The lowest BCUT2D eigenvalue weighted by Gasteiger charge is -2.39. The fraction of sp³-hybridized carbons (Fsp3) is 0.625. The molecule has 0 radical (unpaired) electrons. The highest BCUT2D eigenvalue weighted by atomic mass is 35.5. The molecule has 1 aromatic carbocycles. The van der Waals surface area contributed by atoms with Gasteiger partial charge in [-0.25, -0.2) is 0 Å². The molecule has 1 saturated carbocycles. The van der Waals surface area contributed by atoms with Gasteiger partial charge in [0.15, 0.2) is 0 Å². The van der Waals surface area contributed by atoms with Crippen molar-refractivity contribution in [2.45, 2.75) is 45.1 Å². The Labute approximate surface area is 121 Å². The third-order valence-electron chi connectivity index (χ3n) is 4.14. The maximum absolute atomic E-state index is 9.02. The summed E-state index contributed by atoms with van der Waals surface area (Å²) in [6.45, 7) is 5.62. The third-order valence-corrected chi connectivity index (χ3v) is 4.49. The van der Waals surface area contributed by atoms with E-state index in [1.54, 1.807) is 0 Å². The van der Waals surface area contributed by atoms with Crippen LogP contribution in [0.4, 0.5) is 0 Å². The molecule has 2 N–H and O–H groups in total. The van der Waals surface area contributed by atoms with Crippen LogP contribution in [0.1, 0.15) is 44.6 Å². The first-order chi connectivity index (χ1) is 9.02. The first kappa shape index (κ1) is 14.8. The maximum Gasteiger partial charge on any atom is 0.0440 e. The number of rotatable bonds is 6. The lowest BCUT2D eigenvalue weighted by molar-refractivity contribution is 0.187. The van der Waals surface area contributed by atoms with E-state index in [4.69, 9.17) is 16.7 Å². The van der Waals surface area contributed by atoms with Gasteiger partial charge in [0.05, 0.1) is 0 Å². The number of benzene rings is 1. The van der Waals surface area contributed by atoms with Crippen molar-refractivity contribution in [3.8, 4) is 0 Å². The third kappa shape index (κ3) is 3.95. The number of hydrogen-bond acceptors (Lipinski definition) is 2. The summed E-state index contributed by atoms with van der Waals surface area (Å²) in [6, 6.07) is 8.75. The minimum Gasteiger partial charge on any atom is -0.396 e. The predicted octanol–water partition coefficient (Wildman–Crippen LogP) is 3.58. The van der Waals surface area contributed by atoms with E-state index in [2.05, 4.69) is 31.3 Å². The van der Waals surface area contributed by atoms with Crippen LogP contribution in [0.3, 0.4) is 0 Å². The second-order valence-corrected chi connectivity index (χ2v) is 6.81. The van der Waals surface area contributed by atoms with Gasteiger partial charge < -0.3 is 10.4 Å². The van der Waals surface area contributed by atoms with Gasteiger partial charge >= 0.3 is 0 Å². The average molecular weight is 282 g/mol. The lowest BCUT2D eigenvalue weighted by Crippen LogP contribution is -2.44. The largest absolute Gasteiger partial charge is 0.396 e. The molecule has 1 aromatic rings. The van der Waals surface area contributed by atoms with Crippen LogP contribution in [-0.2, 0) is 0 Å². The summed E-state index contributed by atoms with van der Waals surface area (Å²) < 4.78 is 0. The highest BCUT2D eigenvalue weighted by Crippen LogP contribution is 2.40. The van der Waals surface area contributed by atoms with Crippen molar-refractivity contribution in [3.63, 3.8) is 0 Å². The molecule has 0 heterocycles. The molecule has 2 nitrogen and oxygen atoms in total. The molecule has 2 rings (SSSR count). The van der Waals surface area contributed by atoms with Crippen molar-refractivity contribution in [2.75, 3.05) is 13.2 Å². The molecule has 1 aliphatic carbocycles. The minimum absolute atomic E-state index is 0.171. The first-order valence-electron chi connectivity index (χ1n) is 7.10. The van der Waals surface area contributed by atoms with Gasteiger partial charge in [0.1, 0.15) is 0 Å². The first-order valence-corrected chi connectivity index (χ1v) is 7.48. The molecular weight excluding hydrogens is 258 g/mol. The minimum atomic E-state index is 0.171. The van der Waals surface area contributed by atoms with E-state index >= 15 is 0 Å². The lowest BCUT2D eigenvalue weighted by atomic mass is 9.75. The van der Waals surface area contributed by atoms with Crippen LogP contribution in [0.25, 0.3) is 0 Å². The van der Waals surface area contributed by atoms with Crippen molar-refractivity contribution in [1.82, 2.24) is 5.32 Å². The summed E-state index contributed by atoms with van der Waals surface area (Å²) in [6.07, 6.45) is 3.18. The Bertz CT molecular complexity index is 413. The number of aliphatic hydroxyl groups is 1. The van der Waals surface area contributed by atoms with Gasteiger partial charge in [-0.2, -0.15) is 0 Å². The van der Waals surface area contributed by atoms with Crippen LogP contribution in [0.15, 0.2) is 24.3 Å². The van der Waals surface area contributed by atoms with Gasteiger partial charge in [-0.15, -0.1) is 0 Å². The van der Waals surface area contributed by atoms with Gasteiger partial charge in [0.25, 0.3) is 0 Å². The van der Waals surface area contributed by atoms with Crippen LogP contribution >= 0.6 is 11.6 Å². The number of nitrogens with one attached hydrogen (secondary N) is 1. The normalized spacial score (nSPS) is 23.2. The standard InChI is InChI=1S/C16H24ClNO/c1-16(2,7-8-19)11-18-13-9-12(10-13)14-5-3-4-6-15(14)17/h3-6,12-13,18-19H,7-11H2,1-2H3. The molecule has 0 saturated heterocycles.